The number of hydrogen-bond donors (Lipinski definition) is 0. The minimum atomic E-state index is -3.22. The van der Waals surface area contributed by atoms with Crippen molar-refractivity contribution in [1.82, 2.24) is 0 Å². The third-order valence-corrected chi connectivity index (χ3v) is 8.79. The summed E-state index contributed by atoms with van der Waals surface area (Å²) in [4.78, 5) is 0. The Bertz CT molecular complexity index is 605. The second kappa shape index (κ2) is 11.5. The van der Waals surface area contributed by atoms with E-state index in [1.54, 1.807) is 27.7 Å². The van der Waals surface area contributed by atoms with Gasteiger partial charge in [-0.15, -0.1) is 0 Å². The topological polar surface area (TPSA) is 71.1 Å². The zero-order valence-corrected chi connectivity index (χ0v) is 20.5. The summed E-state index contributed by atoms with van der Waals surface area (Å²) in [5.74, 6) is 0. The summed E-state index contributed by atoms with van der Waals surface area (Å²) in [5.41, 5.74) is 1.54. The van der Waals surface area contributed by atoms with E-state index in [0.717, 1.165) is 20.1 Å². The molecule has 0 aromatic heterocycles. The second-order valence-corrected chi connectivity index (χ2v) is 11.1. The van der Waals surface area contributed by atoms with Gasteiger partial charge in [0.15, 0.2) is 0 Å². The van der Waals surface area contributed by atoms with Crippen molar-refractivity contribution >= 4 is 47.1 Å². The average molecular weight is 536 g/mol. The predicted octanol–water partition coefficient (Wildman–Crippen LogP) is 6.74. The Morgan fingerprint density at radius 1 is 0.692 bits per heavy atom. The van der Waals surface area contributed by atoms with Crippen LogP contribution in [0.25, 0.3) is 0 Å². The molecule has 0 spiro atoms. The molecule has 6 nitrogen and oxygen atoms in total. The van der Waals surface area contributed by atoms with Crippen molar-refractivity contribution in [2.24, 2.45) is 0 Å². The van der Waals surface area contributed by atoms with Gasteiger partial charge in [-0.05, 0) is 51.0 Å². The third kappa shape index (κ3) is 7.48. The molecule has 1 rings (SSSR count). The Balaban J connectivity index is 3.11. The molecule has 0 bridgehead atoms. The molecule has 26 heavy (non-hydrogen) atoms. The van der Waals surface area contributed by atoms with E-state index in [0.29, 0.717) is 26.4 Å². The number of rotatable bonds is 12. The zero-order valence-electron chi connectivity index (χ0n) is 15.5. The highest BCUT2D eigenvalue weighted by Crippen LogP contribution is 2.54. The predicted molar refractivity (Wildman–Crippen MR) is 111 cm³/mol. The van der Waals surface area contributed by atoms with Crippen molar-refractivity contribution in [3.8, 4) is 0 Å². The van der Waals surface area contributed by atoms with Crippen molar-refractivity contribution < 1.29 is 27.2 Å². The normalized spacial score (nSPS) is 12.5. The largest absolute Gasteiger partial charge is 0.335 e. The van der Waals surface area contributed by atoms with E-state index >= 15 is 0 Å². The lowest BCUT2D eigenvalue weighted by molar-refractivity contribution is 0.218. The van der Waals surface area contributed by atoms with E-state index in [9.17, 15) is 9.13 Å². The zero-order chi connectivity index (χ0) is 19.8. The highest BCUT2D eigenvalue weighted by molar-refractivity contribution is 9.11. The molecule has 0 unspecified atom stereocenters. The first-order valence-corrected chi connectivity index (χ1v) is 13.5. The minimum absolute atomic E-state index is 0.142. The standard InChI is InChI=1S/C16H26Br2O6P2/c1-5-21-25(19,22-6-2)11-13-9-16(18)14(10-15(13)17)12-26(20,23-7-3)24-8-4/h9-10H,5-8,11-12H2,1-4H3. The summed E-state index contributed by atoms with van der Waals surface area (Å²) in [6.07, 6.45) is 0.283. The number of halogens is 2. The molecule has 0 saturated heterocycles. The summed E-state index contributed by atoms with van der Waals surface area (Å²) in [6.45, 7) is 8.33. The lowest BCUT2D eigenvalue weighted by Crippen LogP contribution is -2.02. The lowest BCUT2D eigenvalue weighted by Gasteiger charge is -2.20. The van der Waals surface area contributed by atoms with Crippen LogP contribution in [0, 0.1) is 0 Å². The van der Waals surface area contributed by atoms with Crippen molar-refractivity contribution in [1.29, 1.82) is 0 Å². The van der Waals surface area contributed by atoms with Gasteiger partial charge in [0.1, 0.15) is 0 Å². The van der Waals surface area contributed by atoms with Crippen LogP contribution in [-0.4, -0.2) is 26.4 Å². The van der Waals surface area contributed by atoms with Crippen LogP contribution in [0.5, 0.6) is 0 Å². The Hall–Kier alpha value is 0.480. The summed E-state index contributed by atoms with van der Waals surface area (Å²) in [6, 6.07) is 3.65. The second-order valence-electron chi connectivity index (χ2n) is 5.24. The van der Waals surface area contributed by atoms with Gasteiger partial charge < -0.3 is 18.1 Å². The van der Waals surface area contributed by atoms with Crippen LogP contribution in [-0.2, 0) is 39.5 Å². The summed E-state index contributed by atoms with van der Waals surface area (Å²) in [7, 11) is -6.44. The van der Waals surface area contributed by atoms with E-state index in [4.69, 9.17) is 18.1 Å². The highest BCUT2D eigenvalue weighted by atomic mass is 79.9. The van der Waals surface area contributed by atoms with Crippen molar-refractivity contribution in [3.63, 3.8) is 0 Å². The van der Waals surface area contributed by atoms with Gasteiger partial charge in [-0.25, -0.2) is 0 Å². The molecule has 0 amide bonds. The van der Waals surface area contributed by atoms with Gasteiger partial charge in [-0.1, -0.05) is 31.9 Å². The smallest absolute Gasteiger partial charge is 0.309 e. The van der Waals surface area contributed by atoms with Gasteiger partial charge in [0, 0.05) is 8.95 Å². The van der Waals surface area contributed by atoms with Crippen molar-refractivity contribution in [2.45, 2.75) is 40.0 Å². The van der Waals surface area contributed by atoms with E-state index in [1.165, 1.54) is 0 Å². The average Bonchev–Trinajstić information content (AvgIpc) is 2.53. The van der Waals surface area contributed by atoms with Crippen LogP contribution in [0.4, 0.5) is 0 Å². The molecule has 1 aromatic carbocycles. The molecule has 0 heterocycles. The molecule has 0 radical (unpaired) electrons. The van der Waals surface area contributed by atoms with Crippen LogP contribution in [0.15, 0.2) is 21.1 Å². The van der Waals surface area contributed by atoms with Crippen molar-refractivity contribution in [2.75, 3.05) is 26.4 Å². The monoisotopic (exact) mass is 534 g/mol. The first kappa shape index (κ1) is 24.5. The summed E-state index contributed by atoms with van der Waals surface area (Å²) >= 11 is 6.99. The molecule has 0 fully saturated rings. The van der Waals surface area contributed by atoms with Crippen LogP contribution in [0.2, 0.25) is 0 Å². The fourth-order valence-corrected chi connectivity index (χ4v) is 7.27. The summed E-state index contributed by atoms with van der Waals surface area (Å²) < 4.78 is 48.4. The highest BCUT2D eigenvalue weighted by Gasteiger charge is 2.28. The molecule has 10 heteroatoms. The van der Waals surface area contributed by atoms with Crippen LogP contribution >= 0.6 is 47.1 Å². The van der Waals surface area contributed by atoms with Crippen molar-refractivity contribution in [3.05, 3.63) is 32.2 Å². The van der Waals surface area contributed by atoms with E-state index in [2.05, 4.69) is 31.9 Å². The SMILES string of the molecule is CCOP(=O)(Cc1cc(Br)c(CP(=O)(OCC)OCC)cc1Br)OCC. The van der Waals surface area contributed by atoms with Gasteiger partial charge in [0.2, 0.25) is 0 Å². The van der Waals surface area contributed by atoms with E-state index in [-0.39, 0.29) is 12.3 Å². The van der Waals surface area contributed by atoms with Crippen LogP contribution in [0.1, 0.15) is 38.8 Å². The first-order valence-electron chi connectivity index (χ1n) is 8.45. The maximum absolute atomic E-state index is 12.8. The molecule has 0 atom stereocenters. The first-order chi connectivity index (χ1) is 12.2. The quantitative estimate of drug-likeness (QED) is 0.276. The van der Waals surface area contributed by atoms with Gasteiger partial charge in [-0.3, -0.25) is 9.13 Å². The van der Waals surface area contributed by atoms with Gasteiger partial charge in [0.25, 0.3) is 0 Å². The fourth-order valence-electron chi connectivity index (χ4n) is 2.33. The maximum Gasteiger partial charge on any atom is 0.335 e. The van der Waals surface area contributed by atoms with Gasteiger partial charge in [-0.2, -0.15) is 0 Å². The number of benzene rings is 1. The summed E-state index contributed by atoms with van der Waals surface area (Å²) in [5, 5.41) is 0. The fraction of sp³-hybridized carbons (Fsp3) is 0.625. The molecule has 1 aromatic rings. The molecular formula is C16H26Br2O6P2. The lowest BCUT2D eigenvalue weighted by atomic mass is 10.2. The molecule has 0 aliphatic heterocycles. The Morgan fingerprint density at radius 3 is 1.19 bits per heavy atom. The molecule has 0 aliphatic rings. The Kier molecular flexibility index (Phi) is 10.8. The molecule has 0 aliphatic carbocycles. The van der Waals surface area contributed by atoms with Gasteiger partial charge in [0.05, 0.1) is 38.8 Å². The van der Waals surface area contributed by atoms with E-state index < -0.39 is 15.2 Å². The van der Waals surface area contributed by atoms with Crippen LogP contribution in [0.3, 0.4) is 0 Å². The van der Waals surface area contributed by atoms with Crippen LogP contribution < -0.4 is 0 Å². The van der Waals surface area contributed by atoms with Gasteiger partial charge >= 0.3 is 15.2 Å². The third-order valence-electron chi connectivity index (χ3n) is 3.25. The Morgan fingerprint density at radius 2 is 0.962 bits per heavy atom. The molecule has 150 valence electrons. The minimum Gasteiger partial charge on any atom is -0.309 e. The molecule has 0 saturated carbocycles. The Labute approximate surface area is 172 Å². The number of hydrogen-bond acceptors (Lipinski definition) is 6. The molecule has 0 N–H and O–H groups in total. The maximum atomic E-state index is 12.8. The molecular weight excluding hydrogens is 510 g/mol. The van der Waals surface area contributed by atoms with E-state index in [1.807, 2.05) is 12.1 Å².